The third-order valence-corrected chi connectivity index (χ3v) is 2.01. The van der Waals surface area contributed by atoms with Gasteiger partial charge in [-0.3, -0.25) is 14.9 Å². The van der Waals surface area contributed by atoms with Crippen LogP contribution in [0, 0.1) is 10.1 Å². The largest absolute Gasteiger partial charge is 0.502 e. The van der Waals surface area contributed by atoms with E-state index in [1.807, 2.05) is 0 Å². The number of carbonyl (C=O) groups excluding carboxylic acids is 1. The number of hydrogen-bond acceptors (Lipinski definition) is 4. The quantitative estimate of drug-likeness (QED) is 0.472. The van der Waals surface area contributed by atoms with Crippen molar-refractivity contribution in [3.8, 4) is 5.75 Å². The number of para-hydroxylation sites is 1. The van der Waals surface area contributed by atoms with Crippen molar-refractivity contribution in [3.63, 3.8) is 0 Å². The summed E-state index contributed by atoms with van der Waals surface area (Å²) in [6, 6.07) is 3.79. The molecule has 0 fully saturated rings. The molecule has 1 amide bonds. The molecule has 1 aromatic rings. The zero-order valence-corrected chi connectivity index (χ0v) is 9.27. The molecule has 0 saturated heterocycles. The molecule has 0 unspecified atom stereocenters. The minimum absolute atomic E-state index is 0.125. The maximum Gasteiger partial charge on any atom is 0.311 e. The average molecular weight is 236 g/mol. The van der Waals surface area contributed by atoms with Gasteiger partial charge in [-0.25, -0.2) is 0 Å². The standard InChI is InChI=1S/C11H12N2O4/c1-7(2)6-12-11(15)8-4-3-5-9(10(8)14)13(16)17/h3-5,14H,1,6H2,2H3,(H,12,15). The van der Waals surface area contributed by atoms with Crippen LogP contribution < -0.4 is 5.32 Å². The van der Waals surface area contributed by atoms with Gasteiger partial charge < -0.3 is 10.4 Å². The van der Waals surface area contributed by atoms with Gasteiger partial charge in [-0.2, -0.15) is 0 Å². The van der Waals surface area contributed by atoms with Crippen LogP contribution in [-0.2, 0) is 0 Å². The molecule has 6 heteroatoms. The fourth-order valence-electron chi connectivity index (χ4n) is 1.19. The summed E-state index contributed by atoms with van der Waals surface area (Å²) in [5.41, 5.74) is 0.122. The van der Waals surface area contributed by atoms with Crippen molar-refractivity contribution < 1.29 is 14.8 Å². The van der Waals surface area contributed by atoms with Gasteiger partial charge in [0.2, 0.25) is 5.75 Å². The summed E-state index contributed by atoms with van der Waals surface area (Å²) in [4.78, 5) is 21.4. The maximum atomic E-state index is 11.6. The summed E-state index contributed by atoms with van der Waals surface area (Å²) in [6.07, 6.45) is 0. The molecule has 0 saturated carbocycles. The molecule has 0 heterocycles. The Bertz CT molecular complexity index is 482. The number of nitrogens with zero attached hydrogens (tertiary/aromatic N) is 1. The lowest BCUT2D eigenvalue weighted by Gasteiger charge is -2.06. The lowest BCUT2D eigenvalue weighted by molar-refractivity contribution is -0.385. The number of phenolic OH excluding ortho intramolecular Hbond substituents is 1. The number of nitro groups is 1. The molecule has 2 N–H and O–H groups in total. The molecule has 17 heavy (non-hydrogen) atoms. The molecule has 0 aliphatic rings. The molecule has 0 radical (unpaired) electrons. The first-order valence-electron chi connectivity index (χ1n) is 4.82. The molecular weight excluding hydrogens is 224 g/mol. The number of benzene rings is 1. The first kappa shape index (κ1) is 12.7. The molecule has 0 bridgehead atoms. The average Bonchev–Trinajstić information content (AvgIpc) is 2.25. The van der Waals surface area contributed by atoms with Crippen LogP contribution >= 0.6 is 0 Å². The Morgan fingerprint density at radius 2 is 2.24 bits per heavy atom. The van der Waals surface area contributed by atoms with Crippen molar-refractivity contribution in [3.05, 3.63) is 46.0 Å². The normalized spacial score (nSPS) is 9.71. The Morgan fingerprint density at radius 1 is 1.59 bits per heavy atom. The summed E-state index contributed by atoms with van der Waals surface area (Å²) in [5.74, 6) is -1.20. The van der Waals surface area contributed by atoms with Crippen molar-refractivity contribution in [2.24, 2.45) is 0 Å². The van der Waals surface area contributed by atoms with E-state index in [4.69, 9.17) is 0 Å². The molecule has 1 aromatic carbocycles. The first-order valence-corrected chi connectivity index (χ1v) is 4.82. The minimum atomic E-state index is -0.745. The molecule has 1 rings (SSSR count). The fourth-order valence-corrected chi connectivity index (χ4v) is 1.19. The van der Waals surface area contributed by atoms with Gasteiger partial charge >= 0.3 is 5.69 Å². The highest BCUT2D eigenvalue weighted by atomic mass is 16.6. The monoisotopic (exact) mass is 236 g/mol. The Hall–Kier alpha value is -2.37. The lowest BCUT2D eigenvalue weighted by atomic mass is 10.1. The third kappa shape index (κ3) is 3.04. The van der Waals surface area contributed by atoms with Crippen molar-refractivity contribution in [1.29, 1.82) is 0 Å². The summed E-state index contributed by atoms with van der Waals surface area (Å²) in [7, 11) is 0. The number of phenols is 1. The molecule has 0 aromatic heterocycles. The lowest BCUT2D eigenvalue weighted by Crippen LogP contribution is -2.25. The Balaban J connectivity index is 2.98. The van der Waals surface area contributed by atoms with Crippen molar-refractivity contribution >= 4 is 11.6 Å². The van der Waals surface area contributed by atoms with E-state index in [1.54, 1.807) is 6.92 Å². The third-order valence-electron chi connectivity index (χ3n) is 2.01. The van der Waals surface area contributed by atoms with Crippen LogP contribution in [0.2, 0.25) is 0 Å². The molecular formula is C11H12N2O4. The topological polar surface area (TPSA) is 92.5 Å². The Morgan fingerprint density at radius 3 is 2.76 bits per heavy atom. The van der Waals surface area contributed by atoms with E-state index in [2.05, 4.69) is 11.9 Å². The number of amides is 1. The van der Waals surface area contributed by atoms with Crippen LogP contribution in [0.25, 0.3) is 0 Å². The van der Waals surface area contributed by atoms with Crippen molar-refractivity contribution in [2.75, 3.05) is 6.54 Å². The van der Waals surface area contributed by atoms with Crippen LogP contribution in [0.15, 0.2) is 30.4 Å². The molecule has 0 aliphatic heterocycles. The van der Waals surface area contributed by atoms with Gasteiger partial charge in [-0.05, 0) is 13.0 Å². The Kier molecular flexibility index (Phi) is 3.82. The molecule has 0 aliphatic carbocycles. The van der Waals surface area contributed by atoms with Crippen LogP contribution in [0.3, 0.4) is 0 Å². The number of aromatic hydroxyl groups is 1. The van der Waals surface area contributed by atoms with Crippen LogP contribution in [0.1, 0.15) is 17.3 Å². The number of carbonyl (C=O) groups is 1. The van der Waals surface area contributed by atoms with E-state index in [9.17, 15) is 20.0 Å². The predicted molar refractivity (Wildman–Crippen MR) is 61.9 cm³/mol. The minimum Gasteiger partial charge on any atom is -0.502 e. The van der Waals surface area contributed by atoms with Gasteiger partial charge in [0.1, 0.15) is 0 Å². The van der Waals surface area contributed by atoms with E-state index in [-0.39, 0.29) is 12.1 Å². The summed E-state index contributed by atoms with van der Waals surface area (Å²) >= 11 is 0. The highest BCUT2D eigenvalue weighted by Crippen LogP contribution is 2.28. The van der Waals surface area contributed by atoms with Gasteiger partial charge in [0, 0.05) is 12.6 Å². The van der Waals surface area contributed by atoms with Gasteiger partial charge in [0.05, 0.1) is 10.5 Å². The smallest absolute Gasteiger partial charge is 0.311 e. The van der Waals surface area contributed by atoms with Crippen LogP contribution in [0.4, 0.5) is 5.69 Å². The second-order valence-electron chi connectivity index (χ2n) is 3.57. The SMILES string of the molecule is C=C(C)CNC(=O)c1cccc([N+](=O)[O-])c1O. The summed E-state index contributed by atoms with van der Waals surface area (Å²) < 4.78 is 0. The van der Waals surface area contributed by atoms with Crippen molar-refractivity contribution in [2.45, 2.75) is 6.92 Å². The highest BCUT2D eigenvalue weighted by Gasteiger charge is 2.20. The maximum absolute atomic E-state index is 11.6. The zero-order chi connectivity index (χ0) is 13.0. The number of nitrogens with one attached hydrogen (secondary N) is 1. The van der Waals surface area contributed by atoms with Gasteiger partial charge in [0.25, 0.3) is 5.91 Å². The highest BCUT2D eigenvalue weighted by molar-refractivity contribution is 5.98. The number of nitro benzene ring substituents is 1. The molecule has 0 atom stereocenters. The van der Waals surface area contributed by atoms with Crippen LogP contribution in [-0.4, -0.2) is 22.5 Å². The molecule has 0 spiro atoms. The van der Waals surface area contributed by atoms with E-state index in [0.29, 0.717) is 0 Å². The van der Waals surface area contributed by atoms with E-state index in [1.165, 1.54) is 12.1 Å². The van der Waals surface area contributed by atoms with Crippen molar-refractivity contribution in [1.82, 2.24) is 5.32 Å². The fraction of sp³-hybridized carbons (Fsp3) is 0.182. The number of rotatable bonds is 4. The molecule has 6 nitrogen and oxygen atoms in total. The first-order chi connectivity index (χ1) is 7.93. The van der Waals surface area contributed by atoms with Gasteiger partial charge in [0.15, 0.2) is 0 Å². The van der Waals surface area contributed by atoms with E-state index in [0.717, 1.165) is 11.6 Å². The van der Waals surface area contributed by atoms with Gasteiger partial charge in [-0.15, -0.1) is 0 Å². The number of hydrogen-bond donors (Lipinski definition) is 2. The van der Waals surface area contributed by atoms with Crippen LogP contribution in [0.5, 0.6) is 5.75 Å². The second-order valence-corrected chi connectivity index (χ2v) is 3.57. The van der Waals surface area contributed by atoms with E-state index >= 15 is 0 Å². The summed E-state index contributed by atoms with van der Waals surface area (Å²) in [6.45, 7) is 5.58. The Labute approximate surface area is 97.7 Å². The van der Waals surface area contributed by atoms with E-state index < -0.39 is 22.3 Å². The second kappa shape index (κ2) is 5.11. The summed E-state index contributed by atoms with van der Waals surface area (Å²) in [5, 5.41) is 22.6. The molecule has 90 valence electrons. The zero-order valence-electron chi connectivity index (χ0n) is 9.27. The van der Waals surface area contributed by atoms with Gasteiger partial charge in [-0.1, -0.05) is 18.2 Å². The predicted octanol–water partition coefficient (Wildman–Crippen LogP) is 1.61.